The minimum absolute atomic E-state index is 0.106. The third-order valence-electron chi connectivity index (χ3n) is 6.85. The van der Waals surface area contributed by atoms with E-state index < -0.39 is 41.2 Å². The summed E-state index contributed by atoms with van der Waals surface area (Å²) in [5.41, 5.74) is 0.575. The van der Waals surface area contributed by atoms with Gasteiger partial charge in [-0.3, -0.25) is 20.2 Å². The molecule has 0 aliphatic carbocycles. The average molecular weight is 496 g/mol. The second-order valence-corrected chi connectivity index (χ2v) is 9.74. The number of imide groups is 2. The van der Waals surface area contributed by atoms with Crippen molar-refractivity contribution >= 4 is 45.8 Å². The number of aromatic nitrogens is 2. The smallest absolute Gasteiger partial charge is 0.328 e. The Morgan fingerprint density at radius 1 is 1.29 bits per heavy atom. The number of urea groups is 1. The van der Waals surface area contributed by atoms with Crippen LogP contribution in [-0.4, -0.2) is 52.8 Å². The fraction of sp³-hybridized carbons (Fsp3) is 0.364. The maximum absolute atomic E-state index is 16.1. The number of hydrogen-bond acceptors (Lipinski definition) is 10. The lowest BCUT2D eigenvalue weighted by Gasteiger charge is -2.55. The van der Waals surface area contributed by atoms with Gasteiger partial charge in [0, 0.05) is 13.0 Å². The lowest BCUT2D eigenvalue weighted by atomic mass is 9.66. The molecule has 1 aromatic carbocycles. The van der Waals surface area contributed by atoms with E-state index in [-0.39, 0.29) is 47.1 Å². The number of nitrogens with one attached hydrogen (secondary N) is 2. The van der Waals surface area contributed by atoms with Crippen LogP contribution in [0.15, 0.2) is 16.1 Å². The molecule has 0 unspecified atom stereocenters. The van der Waals surface area contributed by atoms with E-state index in [9.17, 15) is 19.6 Å². The number of hydrogen-bond donors (Lipinski definition) is 2. The van der Waals surface area contributed by atoms with E-state index in [2.05, 4.69) is 20.8 Å². The number of anilines is 1. The van der Waals surface area contributed by atoms with Gasteiger partial charge in [-0.15, -0.1) is 11.3 Å². The van der Waals surface area contributed by atoms with Crippen molar-refractivity contribution in [3.05, 3.63) is 28.7 Å². The summed E-state index contributed by atoms with van der Waals surface area (Å²) >= 11 is 1.16. The molecular weight excluding hydrogens is 479 g/mol. The number of fused-ring (bicyclic) bond motifs is 5. The molecule has 6 rings (SSSR count). The Morgan fingerprint density at radius 2 is 2.03 bits per heavy atom. The van der Waals surface area contributed by atoms with Crippen LogP contribution in [0, 0.1) is 22.6 Å². The summed E-state index contributed by atoms with van der Waals surface area (Å²) in [7, 11) is 0. The van der Waals surface area contributed by atoms with E-state index in [1.54, 1.807) is 17.9 Å². The number of benzene rings is 1. The second kappa shape index (κ2) is 7.30. The molecule has 3 atom stereocenters. The van der Waals surface area contributed by atoms with Gasteiger partial charge in [-0.25, -0.2) is 14.2 Å². The first kappa shape index (κ1) is 21.6. The maximum Gasteiger partial charge on any atom is 0.328 e. The van der Waals surface area contributed by atoms with Crippen LogP contribution < -0.4 is 15.5 Å². The number of halogens is 1. The molecule has 35 heavy (non-hydrogen) atoms. The molecule has 0 bridgehead atoms. The predicted octanol–water partition coefficient (Wildman–Crippen LogP) is 1.85. The highest BCUT2D eigenvalue weighted by Gasteiger charge is 2.63. The third-order valence-corrected chi connectivity index (χ3v) is 7.69. The molecule has 1 spiro atoms. The van der Waals surface area contributed by atoms with Crippen LogP contribution in [0.5, 0.6) is 0 Å². The third kappa shape index (κ3) is 2.80. The summed E-state index contributed by atoms with van der Waals surface area (Å²) in [5.74, 6) is -2.22. The van der Waals surface area contributed by atoms with Gasteiger partial charge in [0.25, 0.3) is 0 Å². The van der Waals surface area contributed by atoms with Crippen molar-refractivity contribution in [1.29, 1.82) is 5.26 Å². The monoisotopic (exact) mass is 496 g/mol. The number of amides is 4. The summed E-state index contributed by atoms with van der Waals surface area (Å²) < 4.78 is 27.4. The van der Waals surface area contributed by atoms with Crippen molar-refractivity contribution in [2.24, 2.45) is 5.41 Å². The molecule has 3 aliphatic rings. The Kier molecular flexibility index (Phi) is 4.51. The molecule has 0 saturated carbocycles. The fourth-order valence-electron chi connectivity index (χ4n) is 5.61. The van der Waals surface area contributed by atoms with Crippen LogP contribution in [0.4, 0.5) is 14.9 Å². The zero-order valence-electron chi connectivity index (χ0n) is 18.4. The van der Waals surface area contributed by atoms with Crippen molar-refractivity contribution < 1.29 is 28.0 Å². The van der Waals surface area contributed by atoms with Crippen molar-refractivity contribution in [3.8, 4) is 16.6 Å². The largest absolute Gasteiger partial charge is 0.372 e. The number of nitrogens with zero attached hydrogens (tertiary/aromatic N) is 4. The summed E-state index contributed by atoms with van der Waals surface area (Å²) in [6.45, 7) is 3.73. The van der Waals surface area contributed by atoms with E-state index in [4.69, 9.17) is 9.26 Å². The number of morpholine rings is 1. The van der Waals surface area contributed by atoms with Gasteiger partial charge >= 0.3 is 6.03 Å². The molecule has 11 nitrogen and oxygen atoms in total. The van der Waals surface area contributed by atoms with Gasteiger partial charge in [-0.1, -0.05) is 5.16 Å². The first-order chi connectivity index (χ1) is 16.8. The quantitative estimate of drug-likeness (QED) is 0.481. The first-order valence-electron chi connectivity index (χ1n) is 10.8. The number of carbonyl (C=O) groups is 3. The summed E-state index contributed by atoms with van der Waals surface area (Å²) in [6, 6.07) is 1.82. The van der Waals surface area contributed by atoms with Crippen LogP contribution in [0.1, 0.15) is 25.1 Å². The normalized spacial score (nSPS) is 25.1. The molecule has 2 N–H and O–H groups in total. The number of ether oxygens (including phenoxy) is 1. The molecular formula is C22H17FN6O5S. The van der Waals surface area contributed by atoms with Crippen molar-refractivity contribution in [1.82, 2.24) is 20.8 Å². The Morgan fingerprint density at radius 3 is 2.74 bits per heavy atom. The lowest BCUT2D eigenvalue weighted by molar-refractivity contribution is -0.153. The van der Waals surface area contributed by atoms with Gasteiger partial charge in [0.05, 0.1) is 39.7 Å². The number of barbiturate groups is 1. The molecule has 2 aromatic heterocycles. The predicted molar refractivity (Wildman–Crippen MR) is 119 cm³/mol. The Bertz CT molecular complexity index is 1470. The minimum Gasteiger partial charge on any atom is -0.372 e. The summed E-state index contributed by atoms with van der Waals surface area (Å²) in [6.07, 6.45) is -1.13. The summed E-state index contributed by atoms with van der Waals surface area (Å²) in [5, 5.41) is 18.1. The average Bonchev–Trinajstić information content (AvgIpc) is 3.43. The molecule has 3 aromatic rings. The van der Waals surface area contributed by atoms with Gasteiger partial charge in [0.1, 0.15) is 11.8 Å². The number of thiazole rings is 1. The van der Waals surface area contributed by atoms with E-state index in [0.717, 1.165) is 11.3 Å². The Balaban J connectivity index is 1.61. The summed E-state index contributed by atoms with van der Waals surface area (Å²) in [4.78, 5) is 44.5. The topological polar surface area (TPSA) is 150 Å². The zero-order valence-corrected chi connectivity index (χ0v) is 19.2. The van der Waals surface area contributed by atoms with Crippen molar-refractivity contribution in [3.63, 3.8) is 0 Å². The van der Waals surface area contributed by atoms with Gasteiger partial charge < -0.3 is 14.2 Å². The molecule has 5 heterocycles. The number of rotatable bonds is 1. The minimum atomic E-state index is -1.74. The van der Waals surface area contributed by atoms with Crippen molar-refractivity contribution in [2.45, 2.75) is 38.5 Å². The molecule has 0 radical (unpaired) electrons. The highest BCUT2D eigenvalue weighted by atomic mass is 32.1. The highest BCUT2D eigenvalue weighted by molar-refractivity contribution is 7.13. The van der Waals surface area contributed by atoms with Gasteiger partial charge in [0.15, 0.2) is 16.9 Å². The van der Waals surface area contributed by atoms with Crippen LogP contribution in [0.3, 0.4) is 0 Å². The Labute approximate surface area is 200 Å². The lowest BCUT2D eigenvalue weighted by Crippen LogP contribution is -2.75. The van der Waals surface area contributed by atoms with E-state index in [1.807, 2.05) is 13.0 Å². The maximum atomic E-state index is 16.1. The molecule has 13 heteroatoms. The molecule has 4 amide bonds. The van der Waals surface area contributed by atoms with Gasteiger partial charge in [-0.05, 0) is 25.5 Å². The molecule has 2 fully saturated rings. The van der Waals surface area contributed by atoms with E-state index >= 15 is 4.39 Å². The van der Waals surface area contributed by atoms with E-state index in [1.165, 1.54) is 5.51 Å². The molecule has 178 valence electrons. The van der Waals surface area contributed by atoms with Crippen LogP contribution in [0.25, 0.3) is 21.5 Å². The van der Waals surface area contributed by atoms with Gasteiger partial charge in [-0.2, -0.15) is 5.26 Å². The zero-order chi connectivity index (χ0) is 24.6. The first-order valence-corrected chi connectivity index (χ1v) is 11.7. The van der Waals surface area contributed by atoms with Crippen LogP contribution in [-0.2, 0) is 20.7 Å². The standard InChI is InChI=1S/C22H17FN6O5S/c1-8-6-29-15-10(4-22(18(29)9(2)33-8)19(30)26-21(32)27-20(22)31)3-11-14(28-34-16(11)13(15)23)17-12(5-24)25-7-35-17/h3,7-9,18H,4,6H2,1-2H3,(H2,26,27,30,31,32)/t8-,9+,18-/m1/s1. The van der Waals surface area contributed by atoms with E-state index in [0.29, 0.717) is 10.4 Å². The molecule has 2 saturated heterocycles. The second-order valence-electron chi connectivity index (χ2n) is 8.88. The Hall–Kier alpha value is -3.89. The number of nitriles is 1. The highest BCUT2D eigenvalue weighted by Crippen LogP contribution is 2.50. The van der Waals surface area contributed by atoms with Crippen molar-refractivity contribution in [2.75, 3.05) is 11.4 Å². The molecule has 3 aliphatic heterocycles. The van der Waals surface area contributed by atoms with Crippen LogP contribution in [0.2, 0.25) is 0 Å². The fourth-order valence-corrected chi connectivity index (χ4v) is 6.34. The van der Waals surface area contributed by atoms with Gasteiger partial charge in [0.2, 0.25) is 17.4 Å². The SMILES string of the molecule is C[C@@H]1CN2c3c(cc4c(-c5scnc5C#N)noc4c3F)CC3(C(=O)NC(=O)NC3=O)[C@H]2[C@H](C)O1. The number of carbonyl (C=O) groups excluding carboxylic acids is 3. The van der Waals surface area contributed by atoms with Crippen LogP contribution >= 0.6 is 11.3 Å².